The lowest BCUT2D eigenvalue weighted by molar-refractivity contribution is -0.117. The van der Waals surface area contributed by atoms with Crippen molar-refractivity contribution in [2.24, 2.45) is 5.92 Å². The number of nitrogens with one attached hydrogen (secondary N) is 1. The van der Waals surface area contributed by atoms with E-state index in [1.807, 2.05) is 26.8 Å². The summed E-state index contributed by atoms with van der Waals surface area (Å²) in [6.07, 6.45) is 1.33. The topological polar surface area (TPSA) is 103 Å². The number of aryl methyl sites for hydroxylation is 1. The zero-order chi connectivity index (χ0) is 27.2. The highest BCUT2D eigenvalue weighted by molar-refractivity contribution is 7.89. The van der Waals surface area contributed by atoms with Gasteiger partial charge in [-0.2, -0.15) is 9.57 Å². The molecule has 0 aliphatic carbocycles. The quantitative estimate of drug-likeness (QED) is 0.243. The maximum atomic E-state index is 13.6. The molecule has 3 rings (SSSR count). The van der Waals surface area contributed by atoms with E-state index in [0.29, 0.717) is 27.9 Å². The van der Waals surface area contributed by atoms with Gasteiger partial charge in [-0.15, -0.1) is 0 Å². The average molecular weight is 561 g/mol. The highest BCUT2D eigenvalue weighted by atomic mass is 35.5. The number of carbonyl (C=O) groups is 1. The van der Waals surface area contributed by atoms with E-state index in [-0.39, 0.29) is 35.2 Å². The molecule has 2 aromatic carbocycles. The van der Waals surface area contributed by atoms with E-state index in [2.05, 4.69) is 5.32 Å². The second-order valence-electron chi connectivity index (χ2n) is 8.90. The highest BCUT2D eigenvalue weighted by Gasteiger charge is 2.27. The Balaban J connectivity index is 1.91. The van der Waals surface area contributed by atoms with Gasteiger partial charge in [0.25, 0.3) is 5.91 Å². The minimum Gasteiger partial charge on any atom is -0.460 e. The summed E-state index contributed by atoms with van der Waals surface area (Å²) in [5.74, 6) is 0.306. The summed E-state index contributed by atoms with van der Waals surface area (Å²) >= 11 is 12.3. The molecule has 1 amide bonds. The summed E-state index contributed by atoms with van der Waals surface area (Å²) in [7, 11) is -3.94. The Morgan fingerprint density at radius 3 is 2.43 bits per heavy atom. The van der Waals surface area contributed by atoms with E-state index in [1.54, 1.807) is 54.6 Å². The largest absolute Gasteiger partial charge is 0.460 e. The van der Waals surface area contributed by atoms with Gasteiger partial charge >= 0.3 is 0 Å². The number of rotatable bonds is 10. The van der Waals surface area contributed by atoms with E-state index >= 15 is 0 Å². The summed E-state index contributed by atoms with van der Waals surface area (Å²) in [5.41, 5.74) is 1.39. The predicted molar refractivity (Wildman–Crippen MR) is 144 cm³/mol. The van der Waals surface area contributed by atoms with Gasteiger partial charge in [-0.05, 0) is 54.8 Å². The summed E-state index contributed by atoms with van der Waals surface area (Å²) in [6, 6.07) is 16.5. The number of benzene rings is 2. The van der Waals surface area contributed by atoms with Gasteiger partial charge in [-0.3, -0.25) is 4.79 Å². The van der Waals surface area contributed by atoms with Gasteiger partial charge in [0, 0.05) is 29.2 Å². The van der Waals surface area contributed by atoms with E-state index in [1.165, 1.54) is 10.4 Å². The molecule has 1 aromatic heterocycles. The van der Waals surface area contributed by atoms with E-state index < -0.39 is 15.9 Å². The lowest BCUT2D eigenvalue weighted by Gasteiger charge is -2.22. The number of furan rings is 1. The smallest absolute Gasteiger partial charge is 0.262 e. The van der Waals surface area contributed by atoms with Gasteiger partial charge in [-0.1, -0.05) is 60.8 Å². The molecular weight excluding hydrogens is 533 g/mol. The summed E-state index contributed by atoms with van der Waals surface area (Å²) < 4.78 is 34.2. The van der Waals surface area contributed by atoms with Crippen molar-refractivity contribution < 1.29 is 17.6 Å². The highest BCUT2D eigenvalue weighted by Crippen LogP contribution is 2.27. The van der Waals surface area contributed by atoms with Gasteiger partial charge in [0.2, 0.25) is 10.0 Å². The van der Waals surface area contributed by atoms with Gasteiger partial charge < -0.3 is 9.73 Å². The van der Waals surface area contributed by atoms with Crippen LogP contribution in [0.4, 0.5) is 0 Å². The number of hydrogen-bond acceptors (Lipinski definition) is 5. The van der Waals surface area contributed by atoms with Gasteiger partial charge in [0.05, 0.1) is 11.4 Å². The molecule has 0 spiro atoms. The molecule has 10 heteroatoms. The molecule has 1 N–H and O–H groups in total. The number of carbonyl (C=O) groups excluding carboxylic acids is 1. The van der Waals surface area contributed by atoms with Crippen molar-refractivity contribution in [2.75, 3.05) is 6.54 Å². The Hall–Kier alpha value is -3.09. The number of nitrogens with zero attached hydrogens (tertiary/aromatic N) is 2. The fourth-order valence-electron chi connectivity index (χ4n) is 3.34. The molecule has 0 unspecified atom stereocenters. The monoisotopic (exact) mass is 559 g/mol. The van der Waals surface area contributed by atoms with Crippen LogP contribution in [0.2, 0.25) is 10.0 Å². The van der Waals surface area contributed by atoms with Crippen molar-refractivity contribution in [1.82, 2.24) is 9.62 Å². The van der Waals surface area contributed by atoms with Crippen LogP contribution in [0.15, 0.2) is 69.5 Å². The first-order chi connectivity index (χ1) is 17.5. The van der Waals surface area contributed by atoms with Crippen molar-refractivity contribution in [2.45, 2.75) is 38.8 Å². The molecule has 3 aromatic rings. The molecule has 0 aliphatic heterocycles. The molecular formula is C27H27Cl2N3O4S. The van der Waals surface area contributed by atoms with E-state index in [0.717, 1.165) is 5.56 Å². The van der Waals surface area contributed by atoms with Crippen LogP contribution in [0.1, 0.15) is 36.5 Å². The molecule has 0 saturated heterocycles. The van der Waals surface area contributed by atoms with Crippen molar-refractivity contribution in [3.63, 3.8) is 0 Å². The molecule has 0 saturated carbocycles. The Kier molecular flexibility index (Phi) is 9.57. The van der Waals surface area contributed by atoms with Gasteiger partial charge in [0.15, 0.2) is 0 Å². The minimum atomic E-state index is -3.94. The standard InChI is InChI=1S/C27H27Cl2N3O4S/c1-18(2)15-31-27(33)21(14-30)12-23-8-9-24(36-23)17-32(16-20-6-7-22(28)13-26(20)29)37(34,35)25-10-4-19(3)5-11-25/h4-13,18H,15-17H2,1-3H3,(H,31,33)/b21-12-. The van der Waals surface area contributed by atoms with Crippen molar-refractivity contribution in [3.05, 3.63) is 92.9 Å². The van der Waals surface area contributed by atoms with Crippen LogP contribution in [0.25, 0.3) is 6.08 Å². The number of sulfonamides is 1. The van der Waals surface area contributed by atoms with Crippen LogP contribution in [0.3, 0.4) is 0 Å². The molecule has 0 bridgehead atoms. The number of amides is 1. The first kappa shape index (κ1) is 28.5. The summed E-state index contributed by atoms with van der Waals surface area (Å²) in [6.45, 7) is 6.06. The fourth-order valence-corrected chi connectivity index (χ4v) is 5.19. The summed E-state index contributed by atoms with van der Waals surface area (Å²) in [5, 5.41) is 12.9. The Bertz CT molecular complexity index is 1440. The molecule has 0 aliphatic rings. The van der Waals surface area contributed by atoms with E-state index in [4.69, 9.17) is 27.6 Å². The molecule has 194 valence electrons. The second-order valence-corrected chi connectivity index (χ2v) is 11.7. The molecule has 0 fully saturated rings. The lowest BCUT2D eigenvalue weighted by Crippen LogP contribution is -2.30. The third-order valence-corrected chi connectivity index (χ3v) is 7.75. The van der Waals surface area contributed by atoms with Crippen molar-refractivity contribution >= 4 is 45.2 Å². The number of hydrogen-bond donors (Lipinski definition) is 1. The zero-order valence-electron chi connectivity index (χ0n) is 20.7. The predicted octanol–water partition coefficient (Wildman–Crippen LogP) is 5.97. The first-order valence-electron chi connectivity index (χ1n) is 11.5. The maximum Gasteiger partial charge on any atom is 0.262 e. The van der Waals surface area contributed by atoms with Crippen LogP contribution in [0, 0.1) is 24.2 Å². The Labute approximate surface area is 227 Å². The second kappa shape index (κ2) is 12.4. The van der Waals surface area contributed by atoms with Gasteiger partial charge in [0.1, 0.15) is 23.2 Å². The molecule has 0 radical (unpaired) electrons. The normalized spacial score (nSPS) is 12.1. The number of nitriles is 1. The van der Waals surface area contributed by atoms with Crippen LogP contribution in [0.5, 0.6) is 0 Å². The molecule has 1 heterocycles. The van der Waals surface area contributed by atoms with E-state index in [9.17, 15) is 18.5 Å². The minimum absolute atomic E-state index is 0.0286. The third-order valence-electron chi connectivity index (χ3n) is 5.36. The van der Waals surface area contributed by atoms with Crippen LogP contribution >= 0.6 is 23.2 Å². The third kappa shape index (κ3) is 7.70. The number of halogens is 2. The molecule has 0 atom stereocenters. The lowest BCUT2D eigenvalue weighted by atomic mass is 10.2. The van der Waals surface area contributed by atoms with Crippen LogP contribution in [-0.2, 0) is 27.9 Å². The first-order valence-corrected chi connectivity index (χ1v) is 13.7. The average Bonchev–Trinajstić information content (AvgIpc) is 3.29. The SMILES string of the molecule is Cc1ccc(S(=O)(=O)N(Cc2ccc(/C=C(/C#N)C(=O)NCC(C)C)o2)Cc2ccc(Cl)cc2Cl)cc1. The Morgan fingerprint density at radius 1 is 1.11 bits per heavy atom. The summed E-state index contributed by atoms with van der Waals surface area (Å²) in [4.78, 5) is 12.4. The van der Waals surface area contributed by atoms with Gasteiger partial charge in [-0.25, -0.2) is 8.42 Å². The van der Waals surface area contributed by atoms with Crippen LogP contribution < -0.4 is 5.32 Å². The Morgan fingerprint density at radius 2 is 1.81 bits per heavy atom. The fraction of sp³-hybridized carbons (Fsp3) is 0.259. The van der Waals surface area contributed by atoms with Crippen molar-refractivity contribution in [1.29, 1.82) is 5.26 Å². The zero-order valence-corrected chi connectivity index (χ0v) is 23.0. The van der Waals surface area contributed by atoms with Crippen molar-refractivity contribution in [3.8, 4) is 6.07 Å². The van der Waals surface area contributed by atoms with Crippen LogP contribution in [-0.4, -0.2) is 25.2 Å². The molecule has 7 nitrogen and oxygen atoms in total. The molecule has 37 heavy (non-hydrogen) atoms. The maximum absolute atomic E-state index is 13.6.